The predicted molar refractivity (Wildman–Crippen MR) is 196 cm³/mol. The Labute approximate surface area is 287 Å². The van der Waals surface area contributed by atoms with Gasteiger partial charge in [0.1, 0.15) is 17.1 Å². The number of aromatic nitrogens is 3. The van der Waals surface area contributed by atoms with Gasteiger partial charge >= 0.3 is 6.01 Å². The highest BCUT2D eigenvalue weighted by molar-refractivity contribution is 5.86. The predicted octanol–water partition coefficient (Wildman–Crippen LogP) is 10.8. The third-order valence-electron chi connectivity index (χ3n) is 9.64. The van der Waals surface area contributed by atoms with E-state index in [-0.39, 0.29) is 17.3 Å². The molecule has 0 fully saturated rings. The van der Waals surface area contributed by atoms with E-state index in [1.165, 1.54) is 16.8 Å². The van der Waals surface area contributed by atoms with Crippen molar-refractivity contribution >= 4 is 11.0 Å². The highest BCUT2D eigenvalue weighted by Crippen LogP contribution is 2.42. The van der Waals surface area contributed by atoms with E-state index in [0.29, 0.717) is 28.5 Å². The second-order valence-corrected chi connectivity index (χ2v) is 13.5. The smallest absolute Gasteiger partial charge is 0.306 e. The average molecular weight is 651 g/mol. The molecule has 1 N–H and O–H groups in total. The summed E-state index contributed by atoms with van der Waals surface area (Å²) in [4.78, 5) is 4.43. The highest BCUT2D eigenvalue weighted by atomic mass is 19.1. The number of nitrogens with zero attached hydrogens (tertiary/aromatic N) is 3. The third kappa shape index (κ3) is 5.41. The van der Waals surface area contributed by atoms with Gasteiger partial charge in [0.2, 0.25) is 5.89 Å². The number of phenols is 1. The van der Waals surface area contributed by atoms with Crippen molar-refractivity contribution in [3.63, 3.8) is 0 Å². The fourth-order valence-electron chi connectivity index (χ4n) is 7.17. The molecule has 0 unspecified atom stereocenters. The Hall–Kier alpha value is -5.49. The Morgan fingerprint density at radius 2 is 1.41 bits per heavy atom. The van der Waals surface area contributed by atoms with E-state index in [1.54, 1.807) is 18.2 Å². The average Bonchev–Trinajstić information content (AvgIpc) is 3.62. The minimum absolute atomic E-state index is 0.0624. The summed E-state index contributed by atoms with van der Waals surface area (Å²) in [5.41, 5.74) is 12.2. The molecule has 49 heavy (non-hydrogen) atoms. The summed E-state index contributed by atoms with van der Waals surface area (Å²) in [6, 6.07) is 33.1. The molecule has 6 heteroatoms. The van der Waals surface area contributed by atoms with Gasteiger partial charge < -0.3 is 9.52 Å². The number of para-hydroxylation sites is 3. The van der Waals surface area contributed by atoms with Crippen molar-refractivity contribution in [1.29, 1.82) is 0 Å². The van der Waals surface area contributed by atoms with Crippen LogP contribution >= 0.6 is 0 Å². The first-order chi connectivity index (χ1) is 23.6. The van der Waals surface area contributed by atoms with E-state index in [2.05, 4.69) is 117 Å². The van der Waals surface area contributed by atoms with Gasteiger partial charge in [0.15, 0.2) is 11.0 Å². The van der Waals surface area contributed by atoms with E-state index in [0.717, 1.165) is 39.1 Å². The lowest BCUT2D eigenvalue weighted by molar-refractivity contribution is -0.633. The zero-order valence-electron chi connectivity index (χ0n) is 29.0. The maximum Gasteiger partial charge on any atom is 0.306 e. The largest absolute Gasteiger partial charge is 0.507 e. The monoisotopic (exact) mass is 650 g/mol. The van der Waals surface area contributed by atoms with Crippen molar-refractivity contribution in [3.8, 4) is 56.7 Å². The Balaban J connectivity index is 1.42. The first-order valence-electron chi connectivity index (χ1n) is 16.9. The number of hydrogen-bond acceptors (Lipinski definition) is 3. The highest BCUT2D eigenvalue weighted by Gasteiger charge is 2.33. The number of aryl methyl sites for hydroxylation is 2. The number of hydrogen-bond donors (Lipinski definition) is 1. The van der Waals surface area contributed by atoms with Crippen LogP contribution in [0.15, 0.2) is 108 Å². The molecule has 0 spiro atoms. The van der Waals surface area contributed by atoms with Crippen LogP contribution in [0.3, 0.4) is 0 Å². The van der Waals surface area contributed by atoms with E-state index in [4.69, 9.17) is 4.42 Å². The van der Waals surface area contributed by atoms with Crippen LogP contribution in [-0.2, 0) is 7.05 Å². The molecule has 0 saturated carbocycles. The van der Waals surface area contributed by atoms with Crippen LogP contribution in [0.25, 0.3) is 61.9 Å². The van der Waals surface area contributed by atoms with Gasteiger partial charge in [0.05, 0.1) is 12.6 Å². The topological polar surface area (TPSA) is 55.1 Å². The molecule has 7 rings (SSSR count). The summed E-state index contributed by atoms with van der Waals surface area (Å²) in [7, 11) is 2.14. The number of imidazole rings is 1. The number of aromatic hydroxyl groups is 1. The lowest BCUT2D eigenvalue weighted by atomic mass is 9.90. The molecule has 0 aliphatic rings. The summed E-state index contributed by atoms with van der Waals surface area (Å²) in [5, 5.41) is 11.5. The molecule has 0 amide bonds. The minimum atomic E-state index is -0.758. The number of benzene rings is 5. The quantitative estimate of drug-likeness (QED) is 0.175. The molecule has 0 radical (unpaired) electrons. The first kappa shape index (κ1) is 32.1. The Kier molecular flexibility index (Phi) is 8.19. The van der Waals surface area contributed by atoms with Gasteiger partial charge in [-0.25, -0.2) is 9.55 Å². The van der Waals surface area contributed by atoms with E-state index >= 15 is 0 Å². The SMILES string of the molecule is Cc1ccc(-c2ccc(-c3nc(-c4ccccc4)c(F)o3)cc2O)c(C)c1-c1n(-c2c(C(C)C)cccc2C(C)C)c2ccccc2[n+]1C. The van der Waals surface area contributed by atoms with Crippen LogP contribution in [-0.4, -0.2) is 14.7 Å². The van der Waals surface area contributed by atoms with Gasteiger partial charge in [0, 0.05) is 27.8 Å². The van der Waals surface area contributed by atoms with Gasteiger partial charge in [-0.3, -0.25) is 0 Å². The van der Waals surface area contributed by atoms with Crippen molar-refractivity contribution in [2.45, 2.75) is 53.4 Å². The summed E-state index contributed by atoms with van der Waals surface area (Å²) < 4.78 is 25.0. The van der Waals surface area contributed by atoms with Crippen LogP contribution in [0, 0.1) is 19.9 Å². The molecule has 0 aliphatic carbocycles. The van der Waals surface area contributed by atoms with Gasteiger partial charge in [-0.15, -0.1) is 0 Å². The van der Waals surface area contributed by atoms with E-state index in [9.17, 15) is 9.50 Å². The molecule has 0 bridgehead atoms. The second kappa shape index (κ2) is 12.5. The maximum absolute atomic E-state index is 14.8. The minimum Gasteiger partial charge on any atom is -0.507 e. The number of phenolic OH excluding ortho intramolecular Hbond substituents is 1. The van der Waals surface area contributed by atoms with Gasteiger partial charge in [-0.05, 0) is 72.7 Å². The summed E-state index contributed by atoms with van der Waals surface area (Å²) in [5.74, 6) is 1.89. The van der Waals surface area contributed by atoms with Crippen LogP contribution in [0.4, 0.5) is 4.39 Å². The number of rotatable bonds is 7. The van der Waals surface area contributed by atoms with Gasteiger partial charge in [-0.1, -0.05) is 100 Å². The van der Waals surface area contributed by atoms with Crippen LogP contribution in [0.5, 0.6) is 5.75 Å². The van der Waals surface area contributed by atoms with Crippen LogP contribution in [0.1, 0.15) is 61.8 Å². The summed E-state index contributed by atoms with van der Waals surface area (Å²) in [6.07, 6.45) is 0. The number of halogens is 1. The molecule has 0 saturated heterocycles. The Morgan fingerprint density at radius 1 is 0.755 bits per heavy atom. The molecular weight excluding hydrogens is 609 g/mol. The maximum atomic E-state index is 14.8. The molecule has 2 aromatic heterocycles. The van der Waals surface area contributed by atoms with Gasteiger partial charge in [0.25, 0.3) is 5.82 Å². The zero-order valence-corrected chi connectivity index (χ0v) is 29.0. The fourth-order valence-corrected chi connectivity index (χ4v) is 7.17. The van der Waals surface area contributed by atoms with E-state index < -0.39 is 6.01 Å². The van der Waals surface area contributed by atoms with Crippen LogP contribution < -0.4 is 4.57 Å². The normalized spacial score (nSPS) is 11.7. The fraction of sp³-hybridized carbons (Fsp3) is 0.209. The molecule has 0 aliphatic heterocycles. The number of fused-ring (bicyclic) bond motifs is 1. The Bertz CT molecular complexity index is 2320. The molecule has 0 atom stereocenters. The van der Waals surface area contributed by atoms with Crippen molar-refractivity contribution in [2.24, 2.45) is 7.05 Å². The zero-order chi connectivity index (χ0) is 34.6. The molecule has 7 aromatic rings. The molecular formula is C43H41FN3O2+. The molecule has 2 heterocycles. The Morgan fingerprint density at radius 3 is 2.08 bits per heavy atom. The van der Waals surface area contributed by atoms with Crippen molar-refractivity contribution < 1.29 is 18.5 Å². The van der Waals surface area contributed by atoms with Crippen molar-refractivity contribution in [2.75, 3.05) is 0 Å². The standard InChI is InChI=1S/C43H40FN3O2/c1-25(2)31-16-13-17-32(26(3)4)40(31)47-36-19-12-11-18-35(36)46(7)43(47)38-27(5)20-22-33(28(38)6)34-23-21-30(24-37(34)48)42-45-39(41(44)49-42)29-14-9-8-10-15-29/h8-26H,1-7H3/p+1. The second-order valence-electron chi connectivity index (χ2n) is 13.5. The lowest BCUT2D eigenvalue weighted by Gasteiger charge is -2.20. The molecule has 5 aromatic carbocycles. The third-order valence-corrected chi connectivity index (χ3v) is 9.64. The van der Waals surface area contributed by atoms with Crippen molar-refractivity contribution in [1.82, 2.24) is 9.55 Å². The molecule has 5 nitrogen and oxygen atoms in total. The van der Waals surface area contributed by atoms with E-state index in [1.807, 2.05) is 30.3 Å². The first-order valence-corrected chi connectivity index (χ1v) is 16.9. The molecule has 246 valence electrons. The summed E-state index contributed by atoms with van der Waals surface area (Å²) in [6.45, 7) is 13.3. The lowest BCUT2D eigenvalue weighted by Crippen LogP contribution is -2.31. The summed E-state index contributed by atoms with van der Waals surface area (Å²) >= 11 is 0. The number of oxazole rings is 1. The van der Waals surface area contributed by atoms with Crippen molar-refractivity contribution in [3.05, 3.63) is 131 Å². The van der Waals surface area contributed by atoms with Crippen LogP contribution in [0.2, 0.25) is 0 Å². The van der Waals surface area contributed by atoms with Gasteiger partial charge in [-0.2, -0.15) is 8.96 Å².